The Morgan fingerprint density at radius 2 is 2.33 bits per heavy atom. The third-order valence-electron chi connectivity index (χ3n) is 2.95. The number of rotatable bonds is 5. The number of aryl methyl sites for hydroxylation is 1. The van der Waals surface area contributed by atoms with E-state index in [1.807, 2.05) is 12.1 Å². The fraction of sp³-hybridized carbons (Fsp3) is 0.385. The van der Waals surface area contributed by atoms with Gasteiger partial charge >= 0.3 is 0 Å². The molecule has 0 bridgehead atoms. The van der Waals surface area contributed by atoms with Crippen LogP contribution in [0.15, 0.2) is 33.4 Å². The maximum Gasteiger partial charge on any atom is 0.117 e. The Labute approximate surface area is 120 Å². The molecule has 0 fully saturated rings. The lowest BCUT2D eigenvalue weighted by atomic mass is 10.2. The minimum absolute atomic E-state index is 0.227. The largest absolute Gasteiger partial charge is 0.468 e. The van der Waals surface area contributed by atoms with Crippen molar-refractivity contribution >= 4 is 27.3 Å². The molecule has 0 aromatic carbocycles. The second-order valence-corrected chi connectivity index (χ2v) is 6.44. The van der Waals surface area contributed by atoms with Crippen molar-refractivity contribution in [3.05, 3.63) is 44.4 Å². The maximum atomic E-state index is 5.91. The summed E-state index contributed by atoms with van der Waals surface area (Å²) in [7, 11) is 2.07. The molecule has 2 heterocycles. The predicted octanol–water partition coefficient (Wildman–Crippen LogP) is 3.54. The number of halogens is 1. The third-order valence-corrected chi connectivity index (χ3v) is 5.18. The molecule has 5 heteroatoms. The Kier molecular flexibility index (Phi) is 4.61. The molecule has 18 heavy (non-hydrogen) atoms. The number of likely N-dealkylation sites (N-methyl/N-ethyl adjacent to an activating group) is 1. The van der Waals surface area contributed by atoms with Gasteiger partial charge in [0.15, 0.2) is 0 Å². The SMILES string of the molecule is Cc1sc(C(CN)N(C)Cc2ccco2)cc1Br. The number of nitrogens with two attached hydrogens (primary N) is 1. The molecular weight excluding hydrogens is 312 g/mol. The van der Waals surface area contributed by atoms with Crippen molar-refractivity contribution in [2.24, 2.45) is 5.73 Å². The van der Waals surface area contributed by atoms with Crippen molar-refractivity contribution in [2.75, 3.05) is 13.6 Å². The summed E-state index contributed by atoms with van der Waals surface area (Å²) in [5, 5.41) is 0. The zero-order valence-corrected chi connectivity index (χ0v) is 12.9. The van der Waals surface area contributed by atoms with Gasteiger partial charge in [0, 0.05) is 20.8 Å². The summed E-state index contributed by atoms with van der Waals surface area (Å²) in [6, 6.07) is 6.28. The van der Waals surface area contributed by atoms with Crippen molar-refractivity contribution in [1.82, 2.24) is 4.90 Å². The monoisotopic (exact) mass is 328 g/mol. The standard InChI is InChI=1S/C13H17BrN2OS/c1-9-11(14)6-13(18-9)12(7-15)16(2)8-10-4-3-5-17-10/h3-6,12H,7-8,15H2,1-2H3. The van der Waals surface area contributed by atoms with Crippen LogP contribution in [0.3, 0.4) is 0 Å². The van der Waals surface area contributed by atoms with Gasteiger partial charge in [-0.05, 0) is 48.1 Å². The minimum Gasteiger partial charge on any atom is -0.468 e. The number of thiophene rings is 1. The van der Waals surface area contributed by atoms with Gasteiger partial charge in [-0.2, -0.15) is 0 Å². The van der Waals surface area contributed by atoms with Gasteiger partial charge in [-0.1, -0.05) is 0 Å². The van der Waals surface area contributed by atoms with E-state index >= 15 is 0 Å². The molecule has 1 unspecified atom stereocenters. The molecule has 0 aliphatic carbocycles. The van der Waals surface area contributed by atoms with E-state index in [4.69, 9.17) is 10.2 Å². The van der Waals surface area contributed by atoms with Crippen LogP contribution in [0.1, 0.15) is 21.6 Å². The van der Waals surface area contributed by atoms with Gasteiger partial charge < -0.3 is 10.2 Å². The van der Waals surface area contributed by atoms with E-state index in [2.05, 4.69) is 40.9 Å². The van der Waals surface area contributed by atoms with E-state index in [0.717, 1.165) is 16.8 Å². The van der Waals surface area contributed by atoms with Crippen LogP contribution in [-0.4, -0.2) is 18.5 Å². The van der Waals surface area contributed by atoms with Crippen molar-refractivity contribution < 1.29 is 4.42 Å². The molecule has 0 spiro atoms. The van der Waals surface area contributed by atoms with Gasteiger partial charge in [0.25, 0.3) is 0 Å². The molecule has 0 amide bonds. The van der Waals surface area contributed by atoms with Crippen LogP contribution in [0, 0.1) is 6.92 Å². The lowest BCUT2D eigenvalue weighted by Crippen LogP contribution is -2.29. The van der Waals surface area contributed by atoms with E-state index in [1.165, 1.54) is 9.75 Å². The van der Waals surface area contributed by atoms with Crippen LogP contribution >= 0.6 is 27.3 Å². The van der Waals surface area contributed by atoms with Crippen LogP contribution in [0.25, 0.3) is 0 Å². The first kappa shape index (κ1) is 13.8. The van der Waals surface area contributed by atoms with Gasteiger partial charge in [-0.15, -0.1) is 11.3 Å². The average Bonchev–Trinajstić information content (AvgIpc) is 2.92. The fourth-order valence-electron chi connectivity index (χ4n) is 1.92. The summed E-state index contributed by atoms with van der Waals surface area (Å²) < 4.78 is 6.53. The molecule has 0 saturated heterocycles. The number of nitrogens with zero attached hydrogens (tertiary/aromatic N) is 1. The Hall–Kier alpha value is -0.620. The van der Waals surface area contributed by atoms with E-state index < -0.39 is 0 Å². The van der Waals surface area contributed by atoms with Crippen LogP contribution in [0.5, 0.6) is 0 Å². The smallest absolute Gasteiger partial charge is 0.117 e. The molecule has 0 radical (unpaired) electrons. The van der Waals surface area contributed by atoms with Gasteiger partial charge in [0.05, 0.1) is 18.8 Å². The highest BCUT2D eigenvalue weighted by atomic mass is 79.9. The predicted molar refractivity (Wildman–Crippen MR) is 78.7 cm³/mol. The second-order valence-electron chi connectivity index (χ2n) is 4.30. The molecule has 2 rings (SSSR count). The Bertz CT molecular complexity index is 476. The quantitative estimate of drug-likeness (QED) is 0.912. The van der Waals surface area contributed by atoms with E-state index in [9.17, 15) is 0 Å². The molecule has 2 N–H and O–H groups in total. The second kappa shape index (κ2) is 6.02. The molecule has 1 atom stereocenters. The summed E-state index contributed by atoms with van der Waals surface area (Å²) >= 11 is 5.34. The summed E-state index contributed by atoms with van der Waals surface area (Å²) in [5.74, 6) is 0.961. The van der Waals surface area contributed by atoms with Crippen LogP contribution in [0.4, 0.5) is 0 Å². The summed E-state index contributed by atoms with van der Waals surface area (Å²) in [4.78, 5) is 4.79. The molecule has 3 nitrogen and oxygen atoms in total. The first-order valence-corrected chi connectivity index (χ1v) is 7.41. The zero-order valence-electron chi connectivity index (χ0n) is 10.5. The molecular formula is C13H17BrN2OS. The maximum absolute atomic E-state index is 5.91. The highest BCUT2D eigenvalue weighted by molar-refractivity contribution is 9.10. The van der Waals surface area contributed by atoms with Crippen LogP contribution in [0.2, 0.25) is 0 Å². The lowest BCUT2D eigenvalue weighted by Gasteiger charge is -2.25. The molecule has 98 valence electrons. The Balaban J connectivity index is 2.12. The zero-order chi connectivity index (χ0) is 13.1. The molecule has 0 aliphatic rings. The van der Waals surface area contributed by atoms with E-state index in [-0.39, 0.29) is 6.04 Å². The van der Waals surface area contributed by atoms with Crippen molar-refractivity contribution in [3.8, 4) is 0 Å². The first-order valence-electron chi connectivity index (χ1n) is 5.80. The minimum atomic E-state index is 0.227. The lowest BCUT2D eigenvalue weighted by molar-refractivity contribution is 0.226. The van der Waals surface area contributed by atoms with Gasteiger partial charge in [0.2, 0.25) is 0 Å². The van der Waals surface area contributed by atoms with Gasteiger partial charge in [-0.3, -0.25) is 4.90 Å². The van der Waals surface area contributed by atoms with E-state index in [1.54, 1.807) is 17.6 Å². The summed E-state index contributed by atoms with van der Waals surface area (Å²) in [6.07, 6.45) is 1.70. The number of hydrogen-bond acceptors (Lipinski definition) is 4. The Morgan fingerprint density at radius 1 is 1.56 bits per heavy atom. The Morgan fingerprint density at radius 3 is 2.83 bits per heavy atom. The van der Waals surface area contributed by atoms with Gasteiger partial charge in [-0.25, -0.2) is 0 Å². The van der Waals surface area contributed by atoms with Crippen molar-refractivity contribution in [2.45, 2.75) is 19.5 Å². The molecule has 0 saturated carbocycles. The highest BCUT2D eigenvalue weighted by Gasteiger charge is 2.19. The number of furan rings is 1. The number of hydrogen-bond donors (Lipinski definition) is 1. The molecule has 0 aliphatic heterocycles. The van der Waals surface area contributed by atoms with Crippen molar-refractivity contribution in [1.29, 1.82) is 0 Å². The molecule has 2 aromatic rings. The highest BCUT2D eigenvalue weighted by Crippen LogP contribution is 2.33. The summed E-state index contributed by atoms with van der Waals surface area (Å²) in [6.45, 7) is 3.48. The fourth-order valence-corrected chi connectivity index (χ4v) is 3.66. The van der Waals surface area contributed by atoms with E-state index in [0.29, 0.717) is 6.54 Å². The molecule has 2 aromatic heterocycles. The normalized spacial score (nSPS) is 13.2. The summed E-state index contributed by atoms with van der Waals surface area (Å²) in [5.41, 5.74) is 5.91. The first-order chi connectivity index (χ1) is 8.61. The van der Waals surface area contributed by atoms with Crippen LogP contribution < -0.4 is 5.73 Å². The average molecular weight is 329 g/mol. The van der Waals surface area contributed by atoms with Crippen LogP contribution in [-0.2, 0) is 6.54 Å². The third kappa shape index (κ3) is 3.03. The van der Waals surface area contributed by atoms with Crippen molar-refractivity contribution in [3.63, 3.8) is 0 Å². The topological polar surface area (TPSA) is 42.4 Å². The van der Waals surface area contributed by atoms with Gasteiger partial charge in [0.1, 0.15) is 5.76 Å².